The zero-order valence-electron chi connectivity index (χ0n) is 20.4. The molecule has 31 heavy (non-hydrogen) atoms. The van der Waals surface area contributed by atoms with Crippen molar-refractivity contribution in [3.05, 3.63) is 25.3 Å². The second-order valence-electron chi connectivity index (χ2n) is 9.38. The van der Waals surface area contributed by atoms with Crippen LogP contribution in [0.15, 0.2) is 25.3 Å². The molecular weight excluding hydrogens is 388 g/mol. The fourth-order valence-corrected chi connectivity index (χ4v) is 3.27. The Kier molecular flexibility index (Phi) is 19.3. The lowest BCUT2D eigenvalue weighted by Gasteiger charge is -2.23. The van der Waals surface area contributed by atoms with Gasteiger partial charge < -0.3 is 9.47 Å². The molecule has 0 bridgehead atoms. The quantitative estimate of drug-likeness (QED) is 0.0990. The summed E-state index contributed by atoms with van der Waals surface area (Å²) in [4.78, 5) is 23.9. The molecular formula is C27H48O4. The number of carbonyl (C=O) groups is 2. The van der Waals surface area contributed by atoms with Crippen LogP contribution in [-0.4, -0.2) is 25.2 Å². The summed E-state index contributed by atoms with van der Waals surface area (Å²) in [7, 11) is 0. The minimum Gasteiger partial charge on any atom is -0.465 e. The lowest BCUT2D eigenvalue weighted by Crippen LogP contribution is -2.28. The maximum absolute atomic E-state index is 11.9. The molecule has 0 aliphatic heterocycles. The summed E-state index contributed by atoms with van der Waals surface area (Å²) in [6.45, 7) is 11.9. The van der Waals surface area contributed by atoms with Gasteiger partial charge in [-0.05, 0) is 38.5 Å². The Labute approximate surface area is 191 Å². The predicted molar refractivity (Wildman–Crippen MR) is 130 cm³/mol. The van der Waals surface area contributed by atoms with E-state index in [1.54, 1.807) is 0 Å². The number of rotatable bonds is 22. The molecule has 0 unspecified atom stereocenters. The standard InChI is InChI=1S/C27H48O4/c1-5-7-9-11-13-15-17-19-21-25(28)30-23-27(3,4)24-31-26(29)22-20-18-16-14-12-10-8-6-2/h5-6H,1-2,7-24H2,3-4H3. The van der Waals surface area contributed by atoms with Gasteiger partial charge in [0, 0.05) is 18.3 Å². The van der Waals surface area contributed by atoms with E-state index in [1.807, 2.05) is 26.0 Å². The molecule has 4 nitrogen and oxygen atoms in total. The number of carbonyl (C=O) groups excluding carboxylic acids is 2. The van der Waals surface area contributed by atoms with Crippen LogP contribution in [0.1, 0.15) is 117 Å². The first-order chi connectivity index (χ1) is 14.9. The Bertz CT molecular complexity index is 440. The minimum absolute atomic E-state index is 0.154. The third-order valence-corrected chi connectivity index (χ3v) is 5.33. The molecule has 0 aliphatic rings. The number of ether oxygens (including phenoxy) is 2. The molecule has 180 valence electrons. The molecule has 0 heterocycles. The summed E-state index contributed by atoms with van der Waals surface area (Å²) < 4.78 is 10.8. The van der Waals surface area contributed by atoms with Gasteiger partial charge in [0.05, 0.1) is 13.2 Å². The molecule has 0 atom stereocenters. The number of esters is 2. The van der Waals surface area contributed by atoms with Gasteiger partial charge in [-0.2, -0.15) is 0 Å². The van der Waals surface area contributed by atoms with E-state index in [9.17, 15) is 9.59 Å². The van der Waals surface area contributed by atoms with E-state index in [2.05, 4.69) is 13.2 Å². The molecule has 0 fully saturated rings. The van der Waals surface area contributed by atoms with E-state index in [0.717, 1.165) is 38.5 Å². The molecule has 0 radical (unpaired) electrons. The second kappa shape index (κ2) is 20.3. The van der Waals surface area contributed by atoms with Gasteiger partial charge in [0.25, 0.3) is 0 Å². The molecule has 0 saturated carbocycles. The van der Waals surface area contributed by atoms with Crippen LogP contribution in [0.4, 0.5) is 0 Å². The third kappa shape index (κ3) is 21.4. The number of unbranched alkanes of at least 4 members (excludes halogenated alkanes) is 12. The molecule has 0 aromatic heterocycles. The minimum atomic E-state index is -0.359. The predicted octanol–water partition coefficient (Wildman–Crippen LogP) is 7.71. The maximum atomic E-state index is 11.9. The summed E-state index contributed by atoms with van der Waals surface area (Å²) in [5.41, 5.74) is -0.359. The van der Waals surface area contributed by atoms with Crippen LogP contribution < -0.4 is 0 Å². The Balaban J connectivity index is 3.66. The van der Waals surface area contributed by atoms with Crippen LogP contribution in [0.25, 0.3) is 0 Å². The van der Waals surface area contributed by atoms with Crippen molar-refractivity contribution < 1.29 is 19.1 Å². The molecule has 0 rings (SSSR count). The van der Waals surface area contributed by atoms with Crippen LogP contribution in [0.2, 0.25) is 0 Å². The van der Waals surface area contributed by atoms with Gasteiger partial charge in [0.1, 0.15) is 0 Å². The summed E-state index contributed by atoms with van der Waals surface area (Å²) >= 11 is 0. The summed E-state index contributed by atoms with van der Waals surface area (Å²) in [6.07, 6.45) is 20.6. The van der Waals surface area contributed by atoms with Crippen molar-refractivity contribution in [3.63, 3.8) is 0 Å². The maximum Gasteiger partial charge on any atom is 0.305 e. The zero-order valence-corrected chi connectivity index (χ0v) is 20.4. The van der Waals surface area contributed by atoms with Crippen LogP contribution >= 0.6 is 0 Å². The van der Waals surface area contributed by atoms with E-state index < -0.39 is 0 Å². The van der Waals surface area contributed by atoms with E-state index in [0.29, 0.717) is 12.8 Å². The fraction of sp³-hybridized carbons (Fsp3) is 0.778. The van der Waals surface area contributed by atoms with Crippen LogP contribution in [0, 0.1) is 5.41 Å². The highest BCUT2D eigenvalue weighted by Crippen LogP contribution is 2.18. The highest BCUT2D eigenvalue weighted by molar-refractivity contribution is 5.69. The lowest BCUT2D eigenvalue weighted by atomic mass is 9.96. The highest BCUT2D eigenvalue weighted by atomic mass is 16.5. The van der Waals surface area contributed by atoms with Gasteiger partial charge in [-0.3, -0.25) is 9.59 Å². The molecule has 0 saturated heterocycles. The van der Waals surface area contributed by atoms with Gasteiger partial charge in [-0.1, -0.05) is 77.4 Å². The third-order valence-electron chi connectivity index (χ3n) is 5.33. The summed E-state index contributed by atoms with van der Waals surface area (Å²) in [6, 6.07) is 0. The normalized spacial score (nSPS) is 11.2. The second-order valence-corrected chi connectivity index (χ2v) is 9.38. The van der Waals surface area contributed by atoms with Gasteiger partial charge in [0.2, 0.25) is 0 Å². The van der Waals surface area contributed by atoms with E-state index in [4.69, 9.17) is 9.47 Å². The van der Waals surface area contributed by atoms with Crippen molar-refractivity contribution >= 4 is 11.9 Å². The Morgan fingerprint density at radius 3 is 1.29 bits per heavy atom. The molecule has 0 amide bonds. The Morgan fingerprint density at radius 2 is 0.935 bits per heavy atom. The van der Waals surface area contributed by atoms with Crippen molar-refractivity contribution in [2.24, 2.45) is 5.41 Å². The van der Waals surface area contributed by atoms with E-state index >= 15 is 0 Å². The van der Waals surface area contributed by atoms with Crippen LogP contribution in [-0.2, 0) is 19.1 Å². The van der Waals surface area contributed by atoms with Crippen molar-refractivity contribution in [2.45, 2.75) is 117 Å². The van der Waals surface area contributed by atoms with Gasteiger partial charge in [0.15, 0.2) is 0 Å². The van der Waals surface area contributed by atoms with E-state index in [-0.39, 0.29) is 30.6 Å². The SMILES string of the molecule is C=CCCCCCCCCC(=O)OCC(C)(C)COC(=O)CCCCCCCCC=C. The van der Waals surface area contributed by atoms with Gasteiger partial charge in [-0.15, -0.1) is 13.2 Å². The number of allylic oxidation sites excluding steroid dienone is 2. The molecule has 0 aliphatic carbocycles. The Morgan fingerprint density at radius 1 is 0.613 bits per heavy atom. The average Bonchev–Trinajstić information content (AvgIpc) is 2.75. The summed E-state index contributed by atoms with van der Waals surface area (Å²) in [5, 5.41) is 0. The fourth-order valence-electron chi connectivity index (χ4n) is 3.27. The highest BCUT2D eigenvalue weighted by Gasteiger charge is 2.22. The van der Waals surface area contributed by atoms with Crippen molar-refractivity contribution in [1.29, 1.82) is 0 Å². The first kappa shape index (κ1) is 29.4. The molecule has 0 spiro atoms. The molecule has 0 aromatic carbocycles. The average molecular weight is 437 g/mol. The van der Waals surface area contributed by atoms with Gasteiger partial charge >= 0.3 is 11.9 Å². The van der Waals surface area contributed by atoms with Crippen LogP contribution in [0.3, 0.4) is 0 Å². The molecule has 0 N–H and O–H groups in total. The molecule has 0 aromatic rings. The smallest absolute Gasteiger partial charge is 0.305 e. The van der Waals surface area contributed by atoms with Gasteiger partial charge in [-0.25, -0.2) is 0 Å². The zero-order chi connectivity index (χ0) is 23.2. The summed E-state index contributed by atoms with van der Waals surface area (Å²) in [5.74, 6) is -0.307. The first-order valence-corrected chi connectivity index (χ1v) is 12.4. The first-order valence-electron chi connectivity index (χ1n) is 12.4. The monoisotopic (exact) mass is 436 g/mol. The lowest BCUT2D eigenvalue weighted by molar-refractivity contribution is -0.152. The van der Waals surface area contributed by atoms with Crippen LogP contribution in [0.5, 0.6) is 0 Å². The number of hydrogen-bond donors (Lipinski definition) is 0. The van der Waals surface area contributed by atoms with E-state index in [1.165, 1.54) is 51.4 Å². The number of hydrogen-bond acceptors (Lipinski definition) is 4. The Hall–Kier alpha value is -1.58. The largest absolute Gasteiger partial charge is 0.465 e. The van der Waals surface area contributed by atoms with Crippen molar-refractivity contribution in [2.75, 3.05) is 13.2 Å². The van der Waals surface area contributed by atoms with Crippen molar-refractivity contribution in [3.8, 4) is 0 Å². The molecule has 4 heteroatoms. The topological polar surface area (TPSA) is 52.6 Å². The van der Waals surface area contributed by atoms with Crippen molar-refractivity contribution in [1.82, 2.24) is 0 Å².